The predicted molar refractivity (Wildman–Crippen MR) is 88.0 cm³/mol. The highest BCUT2D eigenvalue weighted by molar-refractivity contribution is 5.82. The number of amides is 1. The van der Waals surface area contributed by atoms with E-state index in [2.05, 4.69) is 0 Å². The molecule has 0 aliphatic carbocycles. The van der Waals surface area contributed by atoms with Gasteiger partial charge >= 0.3 is 0 Å². The van der Waals surface area contributed by atoms with Gasteiger partial charge in [-0.15, -0.1) is 0 Å². The maximum atomic E-state index is 12.5. The van der Waals surface area contributed by atoms with Gasteiger partial charge in [-0.25, -0.2) is 0 Å². The molecule has 0 atom stereocenters. The van der Waals surface area contributed by atoms with Crippen LogP contribution < -0.4 is 5.43 Å². The van der Waals surface area contributed by atoms with Crippen LogP contribution in [0.3, 0.4) is 0 Å². The number of nitrogens with zero attached hydrogens (tertiary/aromatic N) is 2. The van der Waals surface area contributed by atoms with Crippen molar-refractivity contribution in [2.24, 2.45) is 0 Å². The van der Waals surface area contributed by atoms with Crippen molar-refractivity contribution >= 4 is 16.8 Å². The van der Waals surface area contributed by atoms with Crippen LogP contribution in [-0.2, 0) is 11.3 Å². The van der Waals surface area contributed by atoms with Gasteiger partial charge in [0, 0.05) is 30.7 Å². The molecule has 0 N–H and O–H groups in total. The van der Waals surface area contributed by atoms with Gasteiger partial charge in [0.15, 0.2) is 5.43 Å². The minimum absolute atomic E-state index is 0.0113. The summed E-state index contributed by atoms with van der Waals surface area (Å²) in [5, 5.41) is 0.686. The first-order valence-corrected chi connectivity index (χ1v) is 8.03. The number of hydrogen-bond donors (Lipinski definition) is 0. The Labute approximate surface area is 130 Å². The Bertz CT molecular complexity index is 740. The first kappa shape index (κ1) is 14.8. The van der Waals surface area contributed by atoms with Gasteiger partial charge in [-0.05, 0) is 31.9 Å². The second-order valence-electron chi connectivity index (χ2n) is 6.12. The molecule has 0 spiro atoms. The second kappa shape index (κ2) is 6.34. The van der Waals surface area contributed by atoms with Gasteiger partial charge in [0.2, 0.25) is 5.91 Å². The van der Waals surface area contributed by atoms with Gasteiger partial charge in [0.25, 0.3) is 0 Å². The summed E-state index contributed by atoms with van der Waals surface area (Å²) in [6, 6.07) is 7.36. The Hall–Kier alpha value is -2.10. The Kier molecular flexibility index (Phi) is 4.27. The van der Waals surface area contributed by atoms with Crippen molar-refractivity contribution in [3.05, 3.63) is 46.2 Å². The van der Waals surface area contributed by atoms with Crippen molar-refractivity contribution in [1.82, 2.24) is 9.47 Å². The zero-order valence-electron chi connectivity index (χ0n) is 13.0. The standard InChI is InChI=1S/C18H22N2O2/c1-14-6-7-16-15(12-14)17(21)8-11-20(16)13-18(22)19-9-4-2-3-5-10-19/h6-8,11-12H,2-5,9-10,13H2,1H3. The van der Waals surface area contributed by atoms with Crippen LogP contribution in [0, 0.1) is 6.92 Å². The van der Waals surface area contributed by atoms with E-state index < -0.39 is 0 Å². The maximum absolute atomic E-state index is 12.5. The van der Waals surface area contributed by atoms with Gasteiger partial charge in [-0.3, -0.25) is 9.59 Å². The van der Waals surface area contributed by atoms with Gasteiger partial charge in [-0.1, -0.05) is 24.5 Å². The van der Waals surface area contributed by atoms with Crippen LogP contribution in [0.5, 0.6) is 0 Å². The van der Waals surface area contributed by atoms with E-state index in [1.54, 1.807) is 12.3 Å². The predicted octanol–water partition coefficient (Wildman–Crippen LogP) is 2.71. The summed E-state index contributed by atoms with van der Waals surface area (Å²) in [7, 11) is 0. The van der Waals surface area contributed by atoms with Crippen LogP contribution in [0.2, 0.25) is 0 Å². The van der Waals surface area contributed by atoms with Crippen LogP contribution in [0.25, 0.3) is 10.9 Å². The number of likely N-dealkylation sites (tertiary alicyclic amines) is 1. The van der Waals surface area contributed by atoms with Gasteiger partial charge in [0.1, 0.15) is 6.54 Å². The highest BCUT2D eigenvalue weighted by Crippen LogP contribution is 2.14. The van der Waals surface area contributed by atoms with E-state index in [1.807, 2.05) is 34.6 Å². The summed E-state index contributed by atoms with van der Waals surface area (Å²) in [5.74, 6) is 0.146. The molecular formula is C18H22N2O2. The number of aryl methyl sites for hydroxylation is 1. The molecule has 2 heterocycles. The number of fused-ring (bicyclic) bond motifs is 1. The van der Waals surface area contributed by atoms with Crippen LogP contribution >= 0.6 is 0 Å². The lowest BCUT2D eigenvalue weighted by atomic mass is 10.1. The van der Waals surface area contributed by atoms with Crippen molar-refractivity contribution in [1.29, 1.82) is 0 Å². The molecule has 22 heavy (non-hydrogen) atoms. The fourth-order valence-corrected chi connectivity index (χ4v) is 3.13. The third-order valence-corrected chi connectivity index (χ3v) is 4.40. The van der Waals surface area contributed by atoms with Crippen molar-refractivity contribution in [2.45, 2.75) is 39.2 Å². The van der Waals surface area contributed by atoms with E-state index in [1.165, 1.54) is 12.8 Å². The monoisotopic (exact) mass is 298 g/mol. The Morgan fingerprint density at radius 3 is 2.55 bits per heavy atom. The highest BCUT2D eigenvalue weighted by atomic mass is 16.2. The van der Waals surface area contributed by atoms with Crippen molar-refractivity contribution in [3.63, 3.8) is 0 Å². The summed E-state index contributed by atoms with van der Waals surface area (Å²) < 4.78 is 1.89. The van der Waals surface area contributed by atoms with E-state index >= 15 is 0 Å². The summed E-state index contributed by atoms with van der Waals surface area (Å²) in [4.78, 5) is 26.5. The lowest BCUT2D eigenvalue weighted by molar-refractivity contribution is -0.131. The molecule has 0 radical (unpaired) electrons. The van der Waals surface area contributed by atoms with E-state index in [-0.39, 0.29) is 11.3 Å². The molecule has 1 saturated heterocycles. The van der Waals surface area contributed by atoms with E-state index in [4.69, 9.17) is 0 Å². The molecule has 0 saturated carbocycles. The third-order valence-electron chi connectivity index (χ3n) is 4.40. The SMILES string of the molecule is Cc1ccc2c(c1)c(=O)ccn2CC(=O)N1CCCCCC1. The molecule has 1 aliphatic heterocycles. The average molecular weight is 298 g/mol. The van der Waals surface area contributed by atoms with E-state index in [0.29, 0.717) is 11.9 Å². The normalized spacial score (nSPS) is 15.8. The number of carbonyl (C=O) groups excluding carboxylic acids is 1. The minimum Gasteiger partial charge on any atom is -0.341 e. The average Bonchev–Trinajstić information content (AvgIpc) is 2.79. The zero-order chi connectivity index (χ0) is 15.5. The summed E-state index contributed by atoms with van der Waals surface area (Å²) in [5.41, 5.74) is 1.90. The van der Waals surface area contributed by atoms with Crippen LogP contribution in [0.15, 0.2) is 35.3 Å². The fourth-order valence-electron chi connectivity index (χ4n) is 3.13. The van der Waals surface area contributed by atoms with Gasteiger partial charge in [-0.2, -0.15) is 0 Å². The Balaban J connectivity index is 1.89. The number of benzene rings is 1. The van der Waals surface area contributed by atoms with Gasteiger partial charge in [0.05, 0.1) is 5.52 Å². The number of carbonyl (C=O) groups is 1. The topological polar surface area (TPSA) is 42.3 Å². The molecule has 0 unspecified atom stereocenters. The summed E-state index contributed by atoms with van der Waals surface area (Å²) in [6.45, 7) is 3.99. The number of rotatable bonds is 2. The second-order valence-corrected chi connectivity index (χ2v) is 6.12. The quantitative estimate of drug-likeness (QED) is 0.855. The smallest absolute Gasteiger partial charge is 0.242 e. The fraction of sp³-hybridized carbons (Fsp3) is 0.444. The highest BCUT2D eigenvalue weighted by Gasteiger charge is 2.16. The molecule has 1 amide bonds. The van der Waals surface area contributed by atoms with Crippen molar-refractivity contribution in [2.75, 3.05) is 13.1 Å². The molecule has 116 valence electrons. The Morgan fingerprint density at radius 1 is 1.09 bits per heavy atom. The van der Waals surface area contributed by atoms with Crippen LogP contribution in [0.4, 0.5) is 0 Å². The summed E-state index contributed by atoms with van der Waals surface area (Å²) >= 11 is 0. The molecule has 1 fully saturated rings. The number of hydrogen-bond acceptors (Lipinski definition) is 2. The molecular weight excluding hydrogens is 276 g/mol. The molecule has 4 heteroatoms. The first-order valence-electron chi connectivity index (χ1n) is 8.03. The van der Waals surface area contributed by atoms with Crippen LogP contribution in [0.1, 0.15) is 31.2 Å². The molecule has 1 aromatic carbocycles. The van der Waals surface area contributed by atoms with Gasteiger partial charge < -0.3 is 9.47 Å². The third kappa shape index (κ3) is 3.06. The maximum Gasteiger partial charge on any atom is 0.242 e. The number of pyridine rings is 1. The molecule has 1 aliphatic rings. The van der Waals surface area contributed by atoms with Crippen LogP contribution in [-0.4, -0.2) is 28.5 Å². The molecule has 3 rings (SSSR count). The molecule has 4 nitrogen and oxygen atoms in total. The molecule has 0 bridgehead atoms. The molecule has 2 aromatic rings. The lowest BCUT2D eigenvalue weighted by Crippen LogP contribution is -2.34. The first-order chi connectivity index (χ1) is 10.6. The summed E-state index contributed by atoms with van der Waals surface area (Å²) in [6.07, 6.45) is 6.34. The largest absolute Gasteiger partial charge is 0.341 e. The molecule has 1 aromatic heterocycles. The van der Waals surface area contributed by atoms with E-state index in [0.717, 1.165) is 37.0 Å². The Morgan fingerprint density at radius 2 is 1.82 bits per heavy atom. The lowest BCUT2D eigenvalue weighted by Gasteiger charge is -2.21. The van der Waals surface area contributed by atoms with Crippen molar-refractivity contribution < 1.29 is 4.79 Å². The zero-order valence-corrected chi connectivity index (χ0v) is 13.0. The van der Waals surface area contributed by atoms with Crippen molar-refractivity contribution in [3.8, 4) is 0 Å². The number of aromatic nitrogens is 1. The minimum atomic E-state index is 0.0113. The van der Waals surface area contributed by atoms with E-state index in [9.17, 15) is 9.59 Å².